The first-order valence-electron chi connectivity index (χ1n) is 9.72. The molecule has 0 saturated carbocycles. The third-order valence-corrected chi connectivity index (χ3v) is 6.79. The molecule has 2 aromatic carbocycles. The highest BCUT2D eigenvalue weighted by atomic mass is 35.5. The number of halogens is 3. The molecule has 1 unspecified atom stereocenters. The summed E-state index contributed by atoms with van der Waals surface area (Å²) in [5, 5.41) is 10.8. The number of cyclic esters (lactones) is 1. The zero-order chi connectivity index (χ0) is 23.4. The lowest BCUT2D eigenvalue weighted by molar-refractivity contribution is -0.136. The van der Waals surface area contributed by atoms with Gasteiger partial charge in [0.2, 0.25) is 0 Å². The topological polar surface area (TPSA) is 118 Å². The highest BCUT2D eigenvalue weighted by Gasteiger charge is 2.45. The highest BCUT2D eigenvalue weighted by molar-refractivity contribution is 6.42. The minimum absolute atomic E-state index is 0.00636. The van der Waals surface area contributed by atoms with Gasteiger partial charge in [-0.25, -0.2) is 9.78 Å². The van der Waals surface area contributed by atoms with Gasteiger partial charge < -0.3 is 16.2 Å². The maximum atomic E-state index is 13.0. The SMILES string of the molecule is N#Cc1c(N)nc2c(c1N)C(c1cccc(Cl)c1Cl)C1=C(COC1=O)N2c1ccc(Cl)cc1. The zero-order valence-electron chi connectivity index (χ0n) is 16.8. The summed E-state index contributed by atoms with van der Waals surface area (Å²) in [6.45, 7) is 0.00636. The van der Waals surface area contributed by atoms with E-state index < -0.39 is 11.9 Å². The standard InChI is InChI=1S/C23H14Cl3N5O2/c24-10-4-6-11(7-5-10)31-15-9-33-23(32)17(15)16(12-2-1-3-14(25)19(12)26)18-20(28)13(8-27)21(29)30-22(18)31/h1-7,16H,9H2,(H4,28,29,30). The van der Waals surface area contributed by atoms with Crippen molar-refractivity contribution in [3.05, 3.63) is 85.5 Å². The van der Waals surface area contributed by atoms with E-state index in [2.05, 4.69) is 4.98 Å². The number of benzene rings is 2. The molecule has 1 atom stereocenters. The maximum absolute atomic E-state index is 13.0. The number of fused-ring (bicyclic) bond motifs is 1. The summed E-state index contributed by atoms with van der Waals surface area (Å²) in [6.07, 6.45) is 0. The molecule has 3 heterocycles. The lowest BCUT2D eigenvalue weighted by atomic mass is 9.80. The monoisotopic (exact) mass is 497 g/mol. The Morgan fingerprint density at radius 1 is 1.12 bits per heavy atom. The molecular formula is C23H14Cl3N5O2. The molecule has 0 bridgehead atoms. The number of nitrogens with zero attached hydrogens (tertiary/aromatic N) is 3. The minimum atomic E-state index is -0.764. The molecule has 0 aliphatic carbocycles. The number of hydrogen-bond acceptors (Lipinski definition) is 7. The second-order valence-corrected chi connectivity index (χ2v) is 8.68. The van der Waals surface area contributed by atoms with Crippen LogP contribution in [0.3, 0.4) is 0 Å². The number of nitrogen functional groups attached to an aromatic ring is 2. The number of rotatable bonds is 2. The highest BCUT2D eigenvalue weighted by Crippen LogP contribution is 2.53. The van der Waals surface area contributed by atoms with E-state index in [0.29, 0.717) is 43.9 Å². The van der Waals surface area contributed by atoms with Crippen molar-refractivity contribution < 1.29 is 9.53 Å². The normalized spacial score (nSPS) is 16.8. The predicted octanol–water partition coefficient (Wildman–Crippen LogP) is 5.17. The molecule has 0 amide bonds. The average molecular weight is 499 g/mol. The molecule has 0 saturated heterocycles. The van der Waals surface area contributed by atoms with Crippen molar-refractivity contribution >= 4 is 63.8 Å². The number of ether oxygens (including phenoxy) is 1. The van der Waals surface area contributed by atoms with E-state index in [1.807, 2.05) is 6.07 Å². The predicted molar refractivity (Wildman–Crippen MR) is 128 cm³/mol. The molecule has 4 N–H and O–H groups in total. The number of anilines is 4. The fourth-order valence-corrected chi connectivity index (χ4v) is 4.81. The molecule has 0 fully saturated rings. The van der Waals surface area contributed by atoms with Crippen LogP contribution in [0.2, 0.25) is 15.1 Å². The Morgan fingerprint density at radius 2 is 1.85 bits per heavy atom. The number of carbonyl (C=O) groups is 1. The number of esters is 1. The molecule has 33 heavy (non-hydrogen) atoms. The van der Waals surface area contributed by atoms with E-state index in [1.165, 1.54) is 0 Å². The van der Waals surface area contributed by atoms with E-state index in [4.69, 9.17) is 51.0 Å². The molecule has 10 heteroatoms. The number of nitrogens with two attached hydrogens (primary N) is 2. The van der Waals surface area contributed by atoms with Crippen LogP contribution in [0.5, 0.6) is 0 Å². The van der Waals surface area contributed by atoms with Crippen molar-refractivity contribution in [1.29, 1.82) is 5.26 Å². The van der Waals surface area contributed by atoms with Crippen LogP contribution in [0.15, 0.2) is 53.7 Å². The van der Waals surface area contributed by atoms with Crippen LogP contribution in [0.4, 0.5) is 23.0 Å². The summed E-state index contributed by atoms with van der Waals surface area (Å²) in [6, 6.07) is 14.1. The molecule has 164 valence electrons. The lowest BCUT2D eigenvalue weighted by Gasteiger charge is -2.36. The van der Waals surface area contributed by atoms with Gasteiger partial charge in [0.25, 0.3) is 0 Å². The van der Waals surface area contributed by atoms with Crippen molar-refractivity contribution in [3.8, 4) is 6.07 Å². The van der Waals surface area contributed by atoms with Gasteiger partial charge in [-0.2, -0.15) is 5.26 Å². The number of aromatic nitrogens is 1. The maximum Gasteiger partial charge on any atom is 0.337 e. The molecule has 0 radical (unpaired) electrons. The van der Waals surface area contributed by atoms with Gasteiger partial charge in [-0.1, -0.05) is 46.9 Å². The summed E-state index contributed by atoms with van der Waals surface area (Å²) in [5.74, 6) is -0.951. The Kier molecular flexibility index (Phi) is 5.09. The third kappa shape index (κ3) is 3.18. The molecule has 0 spiro atoms. The number of nitriles is 1. The molecule has 5 rings (SSSR count). The van der Waals surface area contributed by atoms with Gasteiger partial charge in [-0.3, -0.25) is 4.90 Å². The van der Waals surface area contributed by atoms with Crippen LogP contribution in [0.25, 0.3) is 0 Å². The van der Waals surface area contributed by atoms with Crippen LogP contribution in [0, 0.1) is 11.3 Å². The number of hydrogen-bond donors (Lipinski definition) is 2. The Labute approximate surface area is 203 Å². The number of pyridine rings is 1. The van der Waals surface area contributed by atoms with Crippen molar-refractivity contribution in [1.82, 2.24) is 4.98 Å². The van der Waals surface area contributed by atoms with Crippen LogP contribution < -0.4 is 16.4 Å². The van der Waals surface area contributed by atoms with Gasteiger partial charge >= 0.3 is 5.97 Å². The van der Waals surface area contributed by atoms with E-state index >= 15 is 0 Å². The summed E-state index contributed by atoms with van der Waals surface area (Å²) >= 11 is 19.0. The Bertz CT molecular complexity index is 1410. The second-order valence-electron chi connectivity index (χ2n) is 7.46. The fraction of sp³-hybridized carbons (Fsp3) is 0.0870. The van der Waals surface area contributed by atoms with Crippen LogP contribution in [-0.4, -0.2) is 17.6 Å². The Morgan fingerprint density at radius 3 is 2.55 bits per heavy atom. The van der Waals surface area contributed by atoms with Gasteiger partial charge in [0, 0.05) is 16.3 Å². The molecule has 2 aliphatic rings. The van der Waals surface area contributed by atoms with Crippen molar-refractivity contribution in [2.24, 2.45) is 0 Å². The summed E-state index contributed by atoms with van der Waals surface area (Å²) in [7, 11) is 0. The van der Waals surface area contributed by atoms with Crippen LogP contribution >= 0.6 is 34.8 Å². The smallest absolute Gasteiger partial charge is 0.337 e. The fourth-order valence-electron chi connectivity index (χ4n) is 4.27. The number of carbonyl (C=O) groups excluding carboxylic acids is 1. The molecule has 7 nitrogen and oxygen atoms in total. The van der Waals surface area contributed by atoms with Gasteiger partial charge in [0.1, 0.15) is 29.9 Å². The Hall–Kier alpha value is -3.44. The molecular weight excluding hydrogens is 485 g/mol. The lowest BCUT2D eigenvalue weighted by Crippen LogP contribution is -2.30. The molecule has 2 aliphatic heterocycles. The largest absolute Gasteiger partial charge is 0.456 e. The van der Waals surface area contributed by atoms with Gasteiger partial charge in [-0.15, -0.1) is 0 Å². The van der Waals surface area contributed by atoms with Crippen molar-refractivity contribution in [2.45, 2.75) is 5.92 Å². The molecule has 3 aromatic rings. The Balaban J connectivity index is 1.90. The van der Waals surface area contributed by atoms with E-state index in [0.717, 1.165) is 0 Å². The van der Waals surface area contributed by atoms with Gasteiger partial charge in [0.15, 0.2) is 0 Å². The van der Waals surface area contributed by atoms with Gasteiger partial charge in [0.05, 0.1) is 32.9 Å². The third-order valence-electron chi connectivity index (χ3n) is 5.70. The average Bonchev–Trinajstić information content (AvgIpc) is 3.17. The quantitative estimate of drug-likeness (QED) is 0.468. The zero-order valence-corrected chi connectivity index (χ0v) is 19.0. The van der Waals surface area contributed by atoms with Crippen LogP contribution in [0.1, 0.15) is 22.6 Å². The van der Waals surface area contributed by atoms with Crippen molar-refractivity contribution in [2.75, 3.05) is 23.0 Å². The van der Waals surface area contributed by atoms with Crippen molar-refractivity contribution in [3.63, 3.8) is 0 Å². The second kappa shape index (κ2) is 7.85. The minimum Gasteiger partial charge on any atom is -0.456 e. The van der Waals surface area contributed by atoms with E-state index in [1.54, 1.807) is 47.4 Å². The van der Waals surface area contributed by atoms with E-state index in [9.17, 15) is 10.1 Å². The molecule has 1 aromatic heterocycles. The van der Waals surface area contributed by atoms with Gasteiger partial charge in [-0.05, 0) is 35.9 Å². The van der Waals surface area contributed by atoms with E-state index in [-0.39, 0.29) is 28.7 Å². The first kappa shape index (κ1) is 21.4. The summed E-state index contributed by atoms with van der Waals surface area (Å²) in [5.41, 5.74) is 15.2. The summed E-state index contributed by atoms with van der Waals surface area (Å²) < 4.78 is 5.43. The van der Waals surface area contributed by atoms with Crippen LogP contribution in [-0.2, 0) is 9.53 Å². The first-order chi connectivity index (χ1) is 15.8. The first-order valence-corrected chi connectivity index (χ1v) is 10.9. The summed E-state index contributed by atoms with van der Waals surface area (Å²) in [4.78, 5) is 19.3.